The molecular formula is C50H36N6. The van der Waals surface area contributed by atoms with E-state index in [1.807, 2.05) is 38.1 Å². The summed E-state index contributed by atoms with van der Waals surface area (Å²) in [7, 11) is 0. The Balaban J connectivity index is 1.29. The third-order valence-electron chi connectivity index (χ3n) is 10.9. The van der Waals surface area contributed by atoms with Crippen molar-refractivity contribution in [3.05, 3.63) is 180 Å². The first-order valence-corrected chi connectivity index (χ1v) is 18.8. The molecule has 0 amide bonds. The maximum Gasteiger partial charge on any atom is 0.187 e. The smallest absolute Gasteiger partial charge is 0.187 e. The summed E-state index contributed by atoms with van der Waals surface area (Å²) in [5, 5.41) is 4.84. The van der Waals surface area contributed by atoms with Crippen LogP contribution in [0.25, 0.3) is 93.5 Å². The zero-order chi connectivity index (χ0) is 38.1. The van der Waals surface area contributed by atoms with Crippen LogP contribution in [-0.2, 0) is 0 Å². The minimum Gasteiger partial charge on any atom is -0.309 e. The molecule has 0 unspecified atom stereocenters. The van der Waals surface area contributed by atoms with Gasteiger partial charge < -0.3 is 9.13 Å². The van der Waals surface area contributed by atoms with Crippen LogP contribution in [0.4, 0.5) is 5.69 Å². The number of aromatic nitrogens is 5. The van der Waals surface area contributed by atoms with Gasteiger partial charge in [0, 0.05) is 32.7 Å². The van der Waals surface area contributed by atoms with Gasteiger partial charge in [-0.2, -0.15) is 0 Å². The minimum absolute atomic E-state index is 0.620. The van der Waals surface area contributed by atoms with Gasteiger partial charge in [0.2, 0.25) is 0 Å². The third kappa shape index (κ3) is 5.36. The van der Waals surface area contributed by atoms with Crippen LogP contribution < -0.4 is 0 Å². The van der Waals surface area contributed by atoms with Gasteiger partial charge in [0.25, 0.3) is 0 Å². The molecule has 0 saturated heterocycles. The minimum atomic E-state index is 0.620. The van der Waals surface area contributed by atoms with Crippen LogP contribution >= 0.6 is 0 Å². The lowest BCUT2D eigenvalue weighted by Gasteiger charge is -2.19. The molecule has 0 aliphatic carbocycles. The van der Waals surface area contributed by atoms with Crippen molar-refractivity contribution in [1.82, 2.24) is 24.1 Å². The highest BCUT2D eigenvalue weighted by Crippen LogP contribution is 2.42. The van der Waals surface area contributed by atoms with E-state index in [-0.39, 0.29) is 0 Å². The number of hydrogen-bond donors (Lipinski definition) is 0. The summed E-state index contributed by atoms with van der Waals surface area (Å²) < 4.78 is 4.74. The first kappa shape index (κ1) is 33.2. The van der Waals surface area contributed by atoms with Crippen molar-refractivity contribution in [2.45, 2.75) is 27.7 Å². The van der Waals surface area contributed by atoms with Gasteiger partial charge >= 0.3 is 0 Å². The van der Waals surface area contributed by atoms with Crippen LogP contribution in [0.15, 0.2) is 146 Å². The number of fused-ring (bicyclic) bond motifs is 6. The lowest BCUT2D eigenvalue weighted by Crippen LogP contribution is -2.04. The monoisotopic (exact) mass is 720 g/mol. The average Bonchev–Trinajstić information content (AvgIpc) is 3.72. The summed E-state index contributed by atoms with van der Waals surface area (Å²) in [5.74, 6) is 1.98. The normalized spacial score (nSPS) is 11.6. The van der Waals surface area contributed by atoms with Gasteiger partial charge in [0.05, 0.1) is 40.0 Å². The quantitative estimate of drug-likeness (QED) is 0.166. The molecule has 0 spiro atoms. The molecule has 0 radical (unpaired) electrons. The van der Waals surface area contributed by atoms with E-state index in [0.29, 0.717) is 23.2 Å². The summed E-state index contributed by atoms with van der Waals surface area (Å²) in [6, 6.07) is 51.9. The standard InChI is InChI=1S/C50H36N6/c1-30-14-22-47-41(26-30)38-10-6-8-12-44(38)55(47)46-24-18-35(34-16-20-37(51-5)21-17-34)28-40(46)36-19-25-49(43(29-36)50-53-32(3)52-33(4)54-50)56-45-13-9-7-11-39(45)42-27-31(2)15-23-48(42)56/h6-29H,1-4H3. The lowest BCUT2D eigenvalue weighted by atomic mass is 9.95. The lowest BCUT2D eigenvalue weighted by molar-refractivity contribution is 0.927. The Morgan fingerprint density at radius 2 is 0.911 bits per heavy atom. The predicted molar refractivity (Wildman–Crippen MR) is 230 cm³/mol. The fourth-order valence-electron chi connectivity index (χ4n) is 8.38. The molecule has 0 aliphatic heterocycles. The molecule has 0 atom stereocenters. The SMILES string of the molecule is [C-]#[N+]c1ccc(-c2ccc(-n3c4ccccc4c4cc(C)ccc43)c(-c3ccc(-n4c5ccccc5c5cc(C)ccc54)c(-c4nc(C)nc(C)n4)c3)c2)cc1. The Morgan fingerprint density at radius 3 is 1.48 bits per heavy atom. The van der Waals surface area contributed by atoms with Crippen molar-refractivity contribution in [3.8, 4) is 45.0 Å². The number of hydrogen-bond acceptors (Lipinski definition) is 3. The molecular weight excluding hydrogens is 685 g/mol. The van der Waals surface area contributed by atoms with E-state index in [0.717, 1.165) is 61.3 Å². The van der Waals surface area contributed by atoms with Crippen molar-refractivity contribution in [2.24, 2.45) is 0 Å². The molecule has 0 N–H and O–H groups in total. The highest BCUT2D eigenvalue weighted by atomic mass is 15.0. The van der Waals surface area contributed by atoms with Gasteiger partial charge in [0.15, 0.2) is 11.5 Å². The van der Waals surface area contributed by atoms with Crippen molar-refractivity contribution >= 4 is 49.3 Å². The fraction of sp³-hybridized carbons (Fsp3) is 0.0800. The molecule has 3 heterocycles. The average molecular weight is 721 g/mol. The summed E-state index contributed by atoms with van der Waals surface area (Å²) in [4.78, 5) is 18.1. The Kier molecular flexibility index (Phi) is 7.65. The molecule has 6 heteroatoms. The number of para-hydroxylation sites is 2. The molecule has 10 rings (SSSR count). The van der Waals surface area contributed by atoms with Gasteiger partial charge in [-0.3, -0.25) is 0 Å². The maximum absolute atomic E-state index is 7.51. The summed E-state index contributed by atoms with van der Waals surface area (Å²) in [5.41, 5.74) is 14.8. The van der Waals surface area contributed by atoms with Crippen LogP contribution in [0, 0.1) is 34.3 Å². The maximum atomic E-state index is 7.51. The molecule has 56 heavy (non-hydrogen) atoms. The number of benzene rings is 7. The van der Waals surface area contributed by atoms with E-state index in [4.69, 9.17) is 16.5 Å². The largest absolute Gasteiger partial charge is 0.309 e. The Labute approximate surface area is 324 Å². The second-order valence-electron chi connectivity index (χ2n) is 14.6. The first-order valence-electron chi connectivity index (χ1n) is 18.8. The highest BCUT2D eigenvalue weighted by Gasteiger charge is 2.21. The zero-order valence-electron chi connectivity index (χ0n) is 31.5. The van der Waals surface area contributed by atoms with E-state index in [1.54, 1.807) is 0 Å². The molecule has 6 nitrogen and oxygen atoms in total. The van der Waals surface area contributed by atoms with Gasteiger partial charge in [-0.25, -0.2) is 19.8 Å². The number of aryl methyl sites for hydroxylation is 4. The Bertz CT molecular complexity index is 3230. The molecule has 266 valence electrons. The van der Waals surface area contributed by atoms with Crippen molar-refractivity contribution < 1.29 is 0 Å². The molecule has 3 aromatic heterocycles. The number of rotatable bonds is 5. The second-order valence-corrected chi connectivity index (χ2v) is 14.6. The van der Waals surface area contributed by atoms with E-state index in [2.05, 4.69) is 154 Å². The molecule has 0 fully saturated rings. The first-order chi connectivity index (χ1) is 27.3. The predicted octanol–water partition coefficient (Wildman–Crippen LogP) is 12.9. The van der Waals surface area contributed by atoms with E-state index >= 15 is 0 Å². The van der Waals surface area contributed by atoms with E-state index in [1.165, 1.54) is 32.7 Å². The van der Waals surface area contributed by atoms with Crippen molar-refractivity contribution in [3.63, 3.8) is 0 Å². The summed E-state index contributed by atoms with van der Waals surface area (Å²) in [6.45, 7) is 15.7. The fourth-order valence-corrected chi connectivity index (χ4v) is 8.38. The van der Waals surface area contributed by atoms with Crippen LogP contribution in [0.1, 0.15) is 22.8 Å². The molecule has 0 bridgehead atoms. The van der Waals surface area contributed by atoms with Crippen LogP contribution in [-0.4, -0.2) is 24.1 Å². The summed E-state index contributed by atoms with van der Waals surface area (Å²) >= 11 is 0. The molecule has 10 aromatic rings. The zero-order valence-corrected chi connectivity index (χ0v) is 31.5. The highest BCUT2D eigenvalue weighted by molar-refractivity contribution is 6.11. The van der Waals surface area contributed by atoms with Gasteiger partial charge in [-0.15, -0.1) is 0 Å². The van der Waals surface area contributed by atoms with E-state index in [9.17, 15) is 0 Å². The summed E-state index contributed by atoms with van der Waals surface area (Å²) in [6.07, 6.45) is 0. The topological polar surface area (TPSA) is 52.9 Å². The van der Waals surface area contributed by atoms with Gasteiger partial charge in [-0.05, 0) is 105 Å². The van der Waals surface area contributed by atoms with Crippen molar-refractivity contribution in [1.29, 1.82) is 0 Å². The van der Waals surface area contributed by atoms with Crippen molar-refractivity contribution in [2.75, 3.05) is 0 Å². The third-order valence-corrected chi connectivity index (χ3v) is 10.9. The molecule has 0 aliphatic rings. The van der Waals surface area contributed by atoms with Crippen LogP contribution in [0.3, 0.4) is 0 Å². The van der Waals surface area contributed by atoms with Crippen LogP contribution in [0.5, 0.6) is 0 Å². The molecule has 0 saturated carbocycles. The van der Waals surface area contributed by atoms with Gasteiger partial charge in [-0.1, -0.05) is 96.1 Å². The van der Waals surface area contributed by atoms with Gasteiger partial charge in [0.1, 0.15) is 11.6 Å². The van der Waals surface area contributed by atoms with Crippen LogP contribution in [0.2, 0.25) is 0 Å². The Morgan fingerprint density at radius 1 is 0.429 bits per heavy atom. The second kappa shape index (κ2) is 12.9. The Hall–Kier alpha value is -7.36. The van der Waals surface area contributed by atoms with E-state index < -0.39 is 0 Å². The molecule has 7 aromatic carbocycles. The number of nitrogens with zero attached hydrogens (tertiary/aromatic N) is 6.